The number of hydrogen-bond acceptors (Lipinski definition) is 5. The summed E-state index contributed by atoms with van der Waals surface area (Å²) in [7, 11) is 0. The van der Waals surface area contributed by atoms with E-state index in [0.717, 1.165) is 12.8 Å². The second-order valence-electron chi connectivity index (χ2n) is 5.71. The number of nitrogens with zero attached hydrogens (tertiary/aromatic N) is 1. The summed E-state index contributed by atoms with van der Waals surface area (Å²) < 4.78 is 25.0. The quantitative estimate of drug-likeness (QED) is 0.621. The van der Waals surface area contributed by atoms with Gasteiger partial charge in [0.25, 0.3) is 0 Å². The van der Waals surface area contributed by atoms with Crippen molar-refractivity contribution in [3.05, 3.63) is 51.4 Å². The van der Waals surface area contributed by atoms with Crippen LogP contribution >= 0.6 is 11.6 Å². The van der Waals surface area contributed by atoms with Gasteiger partial charge in [-0.1, -0.05) is 22.8 Å². The predicted octanol–water partition coefficient (Wildman–Crippen LogP) is 3.36. The maximum absolute atomic E-state index is 12.9. The number of halogens is 1. The third-order valence-electron chi connectivity index (χ3n) is 3.80. The lowest BCUT2D eigenvalue weighted by Crippen LogP contribution is -2.10. The van der Waals surface area contributed by atoms with Crippen molar-refractivity contribution in [2.24, 2.45) is 0 Å². The number of aromatic nitrogens is 1. The van der Waals surface area contributed by atoms with Gasteiger partial charge in [0, 0.05) is 18.4 Å². The molecule has 0 amide bonds. The van der Waals surface area contributed by atoms with Crippen molar-refractivity contribution >= 4 is 34.2 Å². The molecule has 24 heavy (non-hydrogen) atoms. The number of ketones is 2. The van der Waals surface area contributed by atoms with E-state index in [1.54, 1.807) is 6.07 Å². The van der Waals surface area contributed by atoms with Gasteiger partial charge < -0.3 is 9.08 Å². The molecule has 2 aromatic rings. The highest BCUT2D eigenvalue weighted by Gasteiger charge is 2.36. The van der Waals surface area contributed by atoms with Gasteiger partial charge in [0.2, 0.25) is 0 Å². The Morgan fingerprint density at radius 3 is 2.67 bits per heavy atom. The van der Waals surface area contributed by atoms with Crippen molar-refractivity contribution in [1.82, 2.24) is 5.16 Å². The van der Waals surface area contributed by atoms with E-state index in [0.29, 0.717) is 11.3 Å². The average Bonchev–Trinajstić information content (AvgIpc) is 3.24. The van der Waals surface area contributed by atoms with Crippen molar-refractivity contribution in [2.75, 3.05) is 0 Å². The summed E-state index contributed by atoms with van der Waals surface area (Å²) in [4.78, 5) is 24.6. The lowest BCUT2D eigenvalue weighted by Gasteiger charge is -2.06. The average molecular weight is 368 g/mol. The van der Waals surface area contributed by atoms with Crippen LogP contribution in [0.25, 0.3) is 0 Å². The summed E-state index contributed by atoms with van der Waals surface area (Å²) >= 11 is 4.17. The first kappa shape index (κ1) is 17.0. The zero-order valence-electron chi connectivity index (χ0n) is 12.7. The Kier molecular flexibility index (Phi) is 4.67. The molecule has 1 N–H and O–H groups in total. The molecular formula is C16H14ClNO5S. The van der Waals surface area contributed by atoms with Crippen LogP contribution in [0.2, 0.25) is 5.02 Å². The highest BCUT2D eigenvalue weighted by Crippen LogP contribution is 2.43. The van der Waals surface area contributed by atoms with E-state index < -0.39 is 16.9 Å². The number of benzene rings is 1. The fraction of sp³-hybridized carbons (Fsp3) is 0.312. The minimum Gasteiger partial charge on any atom is -0.360 e. The minimum atomic E-state index is -2.00. The van der Waals surface area contributed by atoms with Crippen LogP contribution in [0.1, 0.15) is 63.4 Å². The summed E-state index contributed by atoms with van der Waals surface area (Å²) in [6.07, 6.45) is 1.78. The van der Waals surface area contributed by atoms with Gasteiger partial charge in [0.05, 0.1) is 16.3 Å². The van der Waals surface area contributed by atoms with E-state index in [1.807, 2.05) is 0 Å². The summed E-state index contributed by atoms with van der Waals surface area (Å²) in [6, 6.07) is 4.52. The van der Waals surface area contributed by atoms with Crippen molar-refractivity contribution < 1.29 is 22.9 Å². The molecule has 1 aromatic heterocycles. The van der Waals surface area contributed by atoms with E-state index >= 15 is 0 Å². The molecule has 1 atom stereocenters. The normalized spacial score (nSPS) is 15.3. The van der Waals surface area contributed by atoms with Crippen LogP contribution in [0.3, 0.4) is 0 Å². The van der Waals surface area contributed by atoms with Gasteiger partial charge in [-0.3, -0.25) is 9.59 Å². The van der Waals surface area contributed by atoms with E-state index in [2.05, 4.69) is 5.16 Å². The molecule has 0 bridgehead atoms. The van der Waals surface area contributed by atoms with Gasteiger partial charge in [-0.15, -0.1) is 0 Å². The lowest BCUT2D eigenvalue weighted by atomic mass is 9.97. The first-order chi connectivity index (χ1) is 11.4. The van der Waals surface area contributed by atoms with Crippen molar-refractivity contribution in [3.63, 3.8) is 0 Å². The van der Waals surface area contributed by atoms with Crippen LogP contribution in [0, 0.1) is 0 Å². The molecule has 1 aliphatic rings. The summed E-state index contributed by atoms with van der Waals surface area (Å²) in [5.74, 6) is -0.309. The molecule has 0 spiro atoms. The van der Waals surface area contributed by atoms with Crippen LogP contribution in [0.4, 0.5) is 0 Å². The molecule has 1 fully saturated rings. The van der Waals surface area contributed by atoms with Gasteiger partial charge in [0.1, 0.15) is 0 Å². The maximum atomic E-state index is 12.9. The number of carbonyl (C=O) groups excluding carboxylic acids is 2. The van der Waals surface area contributed by atoms with E-state index in [4.69, 9.17) is 20.7 Å². The smallest absolute Gasteiger partial charge is 0.200 e. The Hall–Kier alpha value is -1.83. The van der Waals surface area contributed by atoms with Crippen LogP contribution < -0.4 is 0 Å². The first-order valence-corrected chi connectivity index (χ1v) is 8.95. The predicted molar refractivity (Wildman–Crippen MR) is 87.8 cm³/mol. The second kappa shape index (κ2) is 6.58. The van der Waals surface area contributed by atoms with E-state index in [9.17, 15) is 13.8 Å². The molecule has 6 nitrogen and oxygen atoms in total. The highest BCUT2D eigenvalue weighted by atomic mass is 35.5. The monoisotopic (exact) mass is 367 g/mol. The highest BCUT2D eigenvalue weighted by molar-refractivity contribution is 7.78. The largest absolute Gasteiger partial charge is 0.360 e. The Morgan fingerprint density at radius 1 is 1.42 bits per heavy atom. The molecular weight excluding hydrogens is 354 g/mol. The van der Waals surface area contributed by atoms with E-state index in [1.165, 1.54) is 19.1 Å². The standard InChI is InChI=1S/C16H14ClNO5S/c1-8(19)14-13(16(23-18-14)10-3-4-10)15(20)11-5-2-9(6-12(11)17)7-24(21)22/h2,5-6,10H,3-4,7H2,1H3,(H,21,22). The Labute approximate surface area is 145 Å². The maximum Gasteiger partial charge on any atom is 0.200 e. The summed E-state index contributed by atoms with van der Waals surface area (Å²) in [6.45, 7) is 1.33. The molecule has 126 valence electrons. The van der Waals surface area contributed by atoms with Gasteiger partial charge in [-0.2, -0.15) is 0 Å². The molecule has 1 aromatic carbocycles. The van der Waals surface area contributed by atoms with Crippen molar-refractivity contribution in [3.8, 4) is 0 Å². The molecule has 1 aliphatic carbocycles. The number of hydrogen-bond donors (Lipinski definition) is 1. The Morgan fingerprint density at radius 2 is 2.12 bits per heavy atom. The van der Waals surface area contributed by atoms with Crippen molar-refractivity contribution in [1.29, 1.82) is 0 Å². The molecule has 1 saturated carbocycles. The number of Topliss-reactive ketones (excluding diaryl/α,β-unsaturated/α-hetero) is 1. The summed E-state index contributed by atoms with van der Waals surface area (Å²) in [5, 5.41) is 3.90. The fourth-order valence-electron chi connectivity index (χ4n) is 2.50. The van der Waals surface area contributed by atoms with Gasteiger partial charge in [0.15, 0.2) is 34.1 Å². The SMILES string of the molecule is CC(=O)c1noc(C2CC2)c1C(=O)c1ccc(CS(=O)O)cc1Cl. The number of rotatable bonds is 6. The third kappa shape index (κ3) is 3.33. The van der Waals surface area contributed by atoms with Gasteiger partial charge >= 0.3 is 0 Å². The molecule has 0 radical (unpaired) electrons. The zero-order valence-corrected chi connectivity index (χ0v) is 14.3. The molecule has 0 aliphatic heterocycles. The fourth-order valence-corrected chi connectivity index (χ4v) is 3.25. The second-order valence-corrected chi connectivity index (χ2v) is 7.05. The molecule has 1 unspecified atom stereocenters. The first-order valence-electron chi connectivity index (χ1n) is 7.29. The van der Waals surface area contributed by atoms with Gasteiger partial charge in [-0.05, 0) is 30.5 Å². The number of carbonyl (C=O) groups is 2. The Balaban J connectivity index is 2.02. The lowest BCUT2D eigenvalue weighted by molar-refractivity contribution is 0.0985. The molecule has 0 saturated heterocycles. The van der Waals surface area contributed by atoms with Crippen LogP contribution in [0.15, 0.2) is 22.7 Å². The zero-order chi connectivity index (χ0) is 17.4. The van der Waals surface area contributed by atoms with Crippen molar-refractivity contribution in [2.45, 2.75) is 31.4 Å². The Bertz CT molecular complexity index is 856. The van der Waals surface area contributed by atoms with E-state index in [-0.39, 0.29) is 39.3 Å². The summed E-state index contributed by atoms with van der Waals surface area (Å²) in [5.41, 5.74) is 0.928. The molecule has 8 heteroatoms. The third-order valence-corrected chi connectivity index (χ3v) is 4.69. The minimum absolute atomic E-state index is 0.0125. The molecule has 1 heterocycles. The van der Waals surface area contributed by atoms with Crippen LogP contribution in [-0.2, 0) is 16.8 Å². The van der Waals surface area contributed by atoms with Crippen LogP contribution in [0.5, 0.6) is 0 Å². The van der Waals surface area contributed by atoms with Gasteiger partial charge in [-0.25, -0.2) is 4.21 Å². The molecule has 3 rings (SSSR count). The van der Waals surface area contributed by atoms with Crippen LogP contribution in [-0.4, -0.2) is 25.5 Å². The topological polar surface area (TPSA) is 97.5 Å².